The lowest BCUT2D eigenvalue weighted by Gasteiger charge is -2.08. The number of thioether (sulfide) groups is 1. The van der Waals surface area contributed by atoms with Crippen LogP contribution in [0, 0.1) is 5.41 Å². The van der Waals surface area contributed by atoms with Crippen LogP contribution in [0.1, 0.15) is 11.3 Å². The Hall–Kier alpha value is -2.34. The van der Waals surface area contributed by atoms with Gasteiger partial charge in [-0.3, -0.25) is 15.2 Å². The predicted molar refractivity (Wildman–Crippen MR) is 90.8 cm³/mol. The van der Waals surface area contributed by atoms with Gasteiger partial charge in [0.2, 0.25) is 5.91 Å². The summed E-state index contributed by atoms with van der Waals surface area (Å²) >= 11 is 1.27. The number of aromatic nitrogens is 1. The first-order chi connectivity index (χ1) is 11.2. The molecule has 2 heterocycles. The van der Waals surface area contributed by atoms with E-state index < -0.39 is 0 Å². The van der Waals surface area contributed by atoms with Gasteiger partial charge in [-0.2, -0.15) is 0 Å². The molecule has 6 heteroatoms. The van der Waals surface area contributed by atoms with Crippen LogP contribution in [0.3, 0.4) is 0 Å². The van der Waals surface area contributed by atoms with Crippen molar-refractivity contribution in [1.82, 2.24) is 10.3 Å². The van der Waals surface area contributed by atoms with Crippen LogP contribution in [0.5, 0.6) is 5.75 Å². The molecule has 118 valence electrons. The molecule has 1 unspecified atom stereocenters. The average Bonchev–Trinajstić information content (AvgIpc) is 2.88. The van der Waals surface area contributed by atoms with Crippen molar-refractivity contribution in [3.63, 3.8) is 0 Å². The Morgan fingerprint density at radius 1 is 1.22 bits per heavy atom. The molecule has 1 aromatic heterocycles. The fraction of sp³-hybridized carbons (Fsp3) is 0.235. The van der Waals surface area contributed by atoms with Crippen LogP contribution < -0.4 is 10.1 Å². The summed E-state index contributed by atoms with van der Waals surface area (Å²) in [7, 11) is 0. The lowest BCUT2D eigenvalue weighted by atomic mass is 10.1. The highest BCUT2D eigenvalue weighted by Crippen LogP contribution is 2.23. The Labute approximate surface area is 139 Å². The Bertz CT molecular complexity index is 689. The van der Waals surface area contributed by atoms with Crippen LogP contribution in [0.4, 0.5) is 0 Å². The van der Waals surface area contributed by atoms with Gasteiger partial charge in [0, 0.05) is 18.3 Å². The van der Waals surface area contributed by atoms with Gasteiger partial charge in [-0.1, -0.05) is 30.0 Å². The summed E-state index contributed by atoms with van der Waals surface area (Å²) in [5, 5.41) is 10.0. The minimum atomic E-state index is -0.210. The fourth-order valence-electron chi connectivity index (χ4n) is 2.31. The SMILES string of the molecule is N=C1NC(=O)C(Cc2ccc(OCCc3ccccn3)cc2)S1. The van der Waals surface area contributed by atoms with Gasteiger partial charge in [-0.05, 0) is 36.2 Å². The molecule has 5 nitrogen and oxygen atoms in total. The van der Waals surface area contributed by atoms with E-state index in [2.05, 4.69) is 10.3 Å². The number of amidine groups is 1. The standard InChI is InChI=1S/C17H17N3O2S/c18-17-20-16(21)15(23-17)11-12-4-6-14(7-5-12)22-10-8-13-3-1-2-9-19-13/h1-7,9,15H,8,10-11H2,(H2,18,20,21). The number of ether oxygens (including phenoxy) is 1. The first-order valence-corrected chi connectivity index (χ1v) is 8.26. The Balaban J connectivity index is 1.49. The van der Waals surface area contributed by atoms with E-state index in [-0.39, 0.29) is 16.3 Å². The minimum Gasteiger partial charge on any atom is -0.493 e. The zero-order chi connectivity index (χ0) is 16.1. The molecule has 1 aliphatic heterocycles. The highest BCUT2D eigenvalue weighted by atomic mass is 32.2. The first kappa shape index (κ1) is 15.6. The van der Waals surface area contributed by atoms with Crippen LogP contribution in [0.15, 0.2) is 48.7 Å². The second-order valence-electron chi connectivity index (χ2n) is 5.19. The van der Waals surface area contributed by atoms with Gasteiger partial charge in [0.05, 0.1) is 11.9 Å². The van der Waals surface area contributed by atoms with E-state index >= 15 is 0 Å². The zero-order valence-corrected chi connectivity index (χ0v) is 13.3. The van der Waals surface area contributed by atoms with Gasteiger partial charge in [0.1, 0.15) is 5.75 Å². The van der Waals surface area contributed by atoms with Crippen LogP contribution in [0.25, 0.3) is 0 Å². The first-order valence-electron chi connectivity index (χ1n) is 7.38. The van der Waals surface area contributed by atoms with Gasteiger partial charge < -0.3 is 10.1 Å². The molecule has 1 fully saturated rings. The van der Waals surface area contributed by atoms with Crippen molar-refractivity contribution in [2.45, 2.75) is 18.1 Å². The van der Waals surface area contributed by atoms with Gasteiger partial charge in [-0.25, -0.2) is 0 Å². The molecule has 1 amide bonds. The van der Waals surface area contributed by atoms with E-state index in [1.54, 1.807) is 6.20 Å². The lowest BCUT2D eigenvalue weighted by molar-refractivity contribution is -0.118. The molecule has 2 N–H and O–H groups in total. The van der Waals surface area contributed by atoms with E-state index in [0.717, 1.165) is 23.4 Å². The van der Waals surface area contributed by atoms with E-state index in [9.17, 15) is 4.79 Å². The monoisotopic (exact) mass is 327 g/mol. The van der Waals surface area contributed by atoms with Gasteiger partial charge in [0.25, 0.3) is 0 Å². The molecule has 1 atom stereocenters. The maximum atomic E-state index is 11.6. The quantitative estimate of drug-likeness (QED) is 0.854. The summed E-state index contributed by atoms with van der Waals surface area (Å²) in [5.74, 6) is 0.719. The number of nitrogens with zero attached hydrogens (tertiary/aromatic N) is 1. The van der Waals surface area contributed by atoms with Crippen LogP contribution >= 0.6 is 11.8 Å². The average molecular weight is 327 g/mol. The topological polar surface area (TPSA) is 75.1 Å². The molecular formula is C17H17N3O2S. The Morgan fingerprint density at radius 2 is 2.04 bits per heavy atom. The fourth-order valence-corrected chi connectivity index (χ4v) is 3.19. The van der Waals surface area contributed by atoms with Gasteiger partial charge >= 0.3 is 0 Å². The summed E-state index contributed by atoms with van der Waals surface area (Å²) < 4.78 is 5.71. The molecule has 0 aliphatic carbocycles. The van der Waals surface area contributed by atoms with Crippen molar-refractivity contribution in [1.29, 1.82) is 5.41 Å². The lowest BCUT2D eigenvalue weighted by Crippen LogP contribution is -2.25. The molecule has 0 saturated carbocycles. The predicted octanol–water partition coefficient (Wildman–Crippen LogP) is 2.41. The molecule has 1 aromatic carbocycles. The van der Waals surface area contributed by atoms with Crippen LogP contribution in [-0.4, -0.2) is 27.9 Å². The number of amides is 1. The van der Waals surface area contributed by atoms with Crippen molar-refractivity contribution in [3.05, 3.63) is 59.9 Å². The number of nitrogens with one attached hydrogen (secondary N) is 2. The molecular weight excluding hydrogens is 310 g/mol. The third kappa shape index (κ3) is 4.32. The van der Waals surface area contributed by atoms with Gasteiger partial charge in [-0.15, -0.1) is 0 Å². The maximum Gasteiger partial charge on any atom is 0.239 e. The molecule has 3 rings (SSSR count). The summed E-state index contributed by atoms with van der Waals surface area (Å²) in [6.07, 6.45) is 3.16. The summed E-state index contributed by atoms with van der Waals surface area (Å²) in [6, 6.07) is 13.6. The van der Waals surface area contributed by atoms with E-state index in [4.69, 9.17) is 10.1 Å². The van der Waals surface area contributed by atoms with Crippen molar-refractivity contribution in [2.24, 2.45) is 0 Å². The largest absolute Gasteiger partial charge is 0.493 e. The van der Waals surface area contributed by atoms with Crippen LogP contribution in [0.2, 0.25) is 0 Å². The zero-order valence-electron chi connectivity index (χ0n) is 12.5. The highest BCUT2D eigenvalue weighted by molar-refractivity contribution is 8.15. The summed E-state index contributed by atoms with van der Waals surface area (Å²) in [5.41, 5.74) is 2.07. The molecule has 0 radical (unpaired) electrons. The van der Waals surface area contributed by atoms with Crippen molar-refractivity contribution < 1.29 is 9.53 Å². The van der Waals surface area contributed by atoms with Crippen molar-refractivity contribution in [2.75, 3.05) is 6.61 Å². The number of pyridine rings is 1. The number of carbonyl (C=O) groups is 1. The Morgan fingerprint density at radius 3 is 2.70 bits per heavy atom. The number of hydrogen-bond donors (Lipinski definition) is 2. The molecule has 2 aromatic rings. The maximum absolute atomic E-state index is 11.6. The Kier molecular flexibility index (Phi) is 4.92. The van der Waals surface area contributed by atoms with Crippen LogP contribution in [-0.2, 0) is 17.6 Å². The summed E-state index contributed by atoms with van der Waals surface area (Å²) in [4.78, 5) is 15.9. The normalized spacial score (nSPS) is 17.1. The minimum absolute atomic E-state index is 0.0873. The van der Waals surface area contributed by atoms with Gasteiger partial charge in [0.15, 0.2) is 5.17 Å². The third-order valence-electron chi connectivity index (χ3n) is 3.49. The smallest absolute Gasteiger partial charge is 0.239 e. The van der Waals surface area contributed by atoms with E-state index in [1.807, 2.05) is 42.5 Å². The molecule has 1 saturated heterocycles. The van der Waals surface area contributed by atoms with E-state index in [1.165, 1.54) is 11.8 Å². The molecule has 1 aliphatic rings. The number of rotatable bonds is 6. The summed E-state index contributed by atoms with van der Waals surface area (Å²) in [6.45, 7) is 0.578. The highest BCUT2D eigenvalue weighted by Gasteiger charge is 2.29. The van der Waals surface area contributed by atoms with E-state index in [0.29, 0.717) is 13.0 Å². The van der Waals surface area contributed by atoms with Crippen molar-refractivity contribution in [3.8, 4) is 5.75 Å². The molecule has 0 bridgehead atoms. The third-order valence-corrected chi connectivity index (χ3v) is 4.49. The number of hydrogen-bond acceptors (Lipinski definition) is 5. The number of benzene rings is 1. The number of carbonyl (C=O) groups excluding carboxylic acids is 1. The molecule has 0 spiro atoms. The second kappa shape index (κ2) is 7.28. The second-order valence-corrected chi connectivity index (χ2v) is 6.41. The molecule has 23 heavy (non-hydrogen) atoms. The van der Waals surface area contributed by atoms with Crippen molar-refractivity contribution >= 4 is 22.8 Å².